The fourth-order valence-electron chi connectivity index (χ4n) is 3.64. The molecular weight excluding hydrogens is 362 g/mol. The average Bonchev–Trinajstić information content (AvgIpc) is 3.18. The molecule has 0 saturated heterocycles. The van der Waals surface area contributed by atoms with Crippen molar-refractivity contribution in [3.8, 4) is 0 Å². The van der Waals surface area contributed by atoms with Crippen molar-refractivity contribution < 1.29 is 19.5 Å². The second kappa shape index (κ2) is 7.26. The van der Waals surface area contributed by atoms with Gasteiger partial charge in [-0.05, 0) is 24.5 Å². The van der Waals surface area contributed by atoms with Crippen LogP contribution in [0.2, 0.25) is 0 Å². The molecule has 144 valence electrons. The zero-order valence-electron chi connectivity index (χ0n) is 15.1. The predicted molar refractivity (Wildman–Crippen MR) is 98.3 cm³/mol. The molecule has 1 N–H and O–H groups in total. The number of benzene rings is 1. The van der Waals surface area contributed by atoms with E-state index in [0.29, 0.717) is 12.4 Å². The Bertz CT molecular complexity index is 967. The van der Waals surface area contributed by atoms with Gasteiger partial charge in [-0.2, -0.15) is 0 Å². The van der Waals surface area contributed by atoms with Crippen molar-refractivity contribution in [3.05, 3.63) is 54.1 Å². The Morgan fingerprint density at radius 1 is 1.14 bits per heavy atom. The molecular formula is C19H19N5O4. The number of nitrogens with zero attached hydrogens (tertiary/aromatic N) is 5. The third kappa shape index (κ3) is 3.26. The molecule has 9 heteroatoms. The maximum absolute atomic E-state index is 12.6. The number of para-hydroxylation sites is 1. The van der Waals surface area contributed by atoms with Gasteiger partial charge in [0, 0.05) is 24.4 Å². The van der Waals surface area contributed by atoms with Gasteiger partial charge in [-0.3, -0.25) is 9.59 Å². The Morgan fingerprint density at radius 3 is 2.75 bits per heavy atom. The van der Waals surface area contributed by atoms with Crippen LogP contribution in [0.4, 0.5) is 5.69 Å². The number of aryl methyl sites for hydroxylation is 1. The fraction of sp³-hybridized carbons (Fsp3) is 0.316. The van der Waals surface area contributed by atoms with Gasteiger partial charge in [0.25, 0.3) is 5.91 Å². The van der Waals surface area contributed by atoms with E-state index < -0.39 is 17.9 Å². The summed E-state index contributed by atoms with van der Waals surface area (Å²) in [5.74, 6) is -1.44. The van der Waals surface area contributed by atoms with Crippen LogP contribution in [0.25, 0.3) is 0 Å². The van der Waals surface area contributed by atoms with E-state index in [2.05, 4.69) is 10.2 Å². The van der Waals surface area contributed by atoms with E-state index >= 15 is 0 Å². The molecule has 0 spiro atoms. The van der Waals surface area contributed by atoms with Gasteiger partial charge < -0.3 is 19.5 Å². The summed E-state index contributed by atoms with van der Waals surface area (Å²) in [7, 11) is 0. The highest BCUT2D eigenvalue weighted by Crippen LogP contribution is 2.27. The minimum absolute atomic E-state index is 0.0286. The molecule has 1 aromatic heterocycles. The molecule has 0 aliphatic carbocycles. The van der Waals surface area contributed by atoms with Gasteiger partial charge in [-0.25, -0.2) is 4.79 Å². The number of anilines is 1. The van der Waals surface area contributed by atoms with E-state index in [1.54, 1.807) is 9.47 Å². The number of aromatic nitrogens is 3. The summed E-state index contributed by atoms with van der Waals surface area (Å²) in [5, 5.41) is 17.1. The van der Waals surface area contributed by atoms with E-state index in [9.17, 15) is 19.5 Å². The number of rotatable bonds is 3. The van der Waals surface area contributed by atoms with Crippen molar-refractivity contribution in [2.75, 3.05) is 11.4 Å². The molecule has 1 atom stereocenters. The second-order valence-electron chi connectivity index (χ2n) is 6.78. The van der Waals surface area contributed by atoms with Crippen LogP contribution in [-0.2, 0) is 33.9 Å². The molecule has 1 aromatic carbocycles. The molecule has 2 aromatic rings. The highest BCUT2D eigenvalue weighted by Gasteiger charge is 2.34. The number of fused-ring (bicyclic) bond motifs is 2. The largest absolute Gasteiger partial charge is 0.480 e. The summed E-state index contributed by atoms with van der Waals surface area (Å²) in [6.45, 7) is 0.685. The lowest BCUT2D eigenvalue weighted by Gasteiger charge is -2.32. The van der Waals surface area contributed by atoms with Crippen LogP contribution in [0.15, 0.2) is 42.7 Å². The van der Waals surface area contributed by atoms with Crippen molar-refractivity contribution in [1.29, 1.82) is 0 Å². The third-order valence-corrected chi connectivity index (χ3v) is 5.07. The van der Waals surface area contributed by atoms with Crippen LogP contribution in [-0.4, -0.2) is 55.1 Å². The molecule has 0 fully saturated rings. The molecule has 28 heavy (non-hydrogen) atoms. The Kier molecular flexibility index (Phi) is 4.64. The number of aliphatic carboxylic acids is 1. The first-order valence-corrected chi connectivity index (χ1v) is 9.02. The second-order valence-corrected chi connectivity index (χ2v) is 6.78. The number of amides is 2. The normalized spacial score (nSPS) is 18.6. The van der Waals surface area contributed by atoms with Gasteiger partial charge in [0.2, 0.25) is 5.91 Å². The topological polar surface area (TPSA) is 109 Å². The Balaban J connectivity index is 1.51. The first-order chi connectivity index (χ1) is 13.5. The number of carbonyl (C=O) groups is 3. The van der Waals surface area contributed by atoms with Crippen LogP contribution in [0.1, 0.15) is 17.8 Å². The minimum Gasteiger partial charge on any atom is -0.480 e. The standard InChI is InChI=1S/C19H19N5O4/c25-17(23-9-3-5-13-4-1-2-6-14(13)23)7-8-18(26)24-11-16-21-20-12-22(16)10-15(24)19(27)28/h1-2,4,6-8,12,15H,3,5,9-11H2,(H,27,28)/b8-7+. The van der Waals surface area contributed by atoms with E-state index in [1.807, 2.05) is 24.3 Å². The lowest BCUT2D eigenvalue weighted by Crippen LogP contribution is -2.50. The molecule has 1 unspecified atom stereocenters. The first kappa shape index (κ1) is 17.9. The molecule has 0 bridgehead atoms. The summed E-state index contributed by atoms with van der Waals surface area (Å²) in [4.78, 5) is 39.7. The number of carboxylic acid groups (broad SMARTS) is 1. The maximum atomic E-state index is 12.6. The van der Waals surface area contributed by atoms with Crippen LogP contribution >= 0.6 is 0 Å². The third-order valence-electron chi connectivity index (χ3n) is 5.07. The lowest BCUT2D eigenvalue weighted by atomic mass is 10.0. The fourth-order valence-corrected chi connectivity index (χ4v) is 3.64. The summed E-state index contributed by atoms with van der Waals surface area (Å²) >= 11 is 0. The number of hydrogen-bond acceptors (Lipinski definition) is 5. The molecule has 9 nitrogen and oxygen atoms in total. The van der Waals surface area contributed by atoms with Crippen molar-refractivity contribution in [2.24, 2.45) is 0 Å². The molecule has 4 rings (SSSR count). The molecule has 0 radical (unpaired) electrons. The van der Waals surface area contributed by atoms with Gasteiger partial charge in [0.1, 0.15) is 12.4 Å². The average molecular weight is 381 g/mol. The van der Waals surface area contributed by atoms with Gasteiger partial charge in [0.05, 0.1) is 13.1 Å². The molecule has 0 saturated carbocycles. The van der Waals surface area contributed by atoms with Crippen molar-refractivity contribution in [2.45, 2.75) is 32.0 Å². The molecule has 3 heterocycles. The maximum Gasteiger partial charge on any atom is 0.328 e. The van der Waals surface area contributed by atoms with Gasteiger partial charge in [-0.15, -0.1) is 10.2 Å². The lowest BCUT2D eigenvalue weighted by molar-refractivity contribution is -0.150. The molecule has 2 amide bonds. The smallest absolute Gasteiger partial charge is 0.328 e. The van der Waals surface area contributed by atoms with Crippen LogP contribution in [0.3, 0.4) is 0 Å². The van der Waals surface area contributed by atoms with Gasteiger partial charge in [-0.1, -0.05) is 18.2 Å². The van der Waals surface area contributed by atoms with E-state index in [-0.39, 0.29) is 19.0 Å². The number of hydrogen-bond donors (Lipinski definition) is 1. The van der Waals surface area contributed by atoms with Crippen molar-refractivity contribution in [1.82, 2.24) is 19.7 Å². The predicted octanol–water partition coefficient (Wildman–Crippen LogP) is 0.609. The van der Waals surface area contributed by atoms with Crippen LogP contribution < -0.4 is 4.90 Å². The summed E-state index contributed by atoms with van der Waals surface area (Å²) in [5.41, 5.74) is 1.95. The SMILES string of the molecule is O=C(O)C1Cn2cnnc2CN1C(=O)/C=C/C(=O)N1CCCc2ccccc21. The zero-order chi connectivity index (χ0) is 19.7. The van der Waals surface area contributed by atoms with E-state index in [1.165, 1.54) is 17.3 Å². The summed E-state index contributed by atoms with van der Waals surface area (Å²) in [6, 6.07) is 6.66. The highest BCUT2D eigenvalue weighted by molar-refractivity contribution is 6.06. The van der Waals surface area contributed by atoms with Crippen LogP contribution in [0.5, 0.6) is 0 Å². The highest BCUT2D eigenvalue weighted by atomic mass is 16.4. The molecule has 2 aliphatic rings. The van der Waals surface area contributed by atoms with E-state index in [0.717, 1.165) is 30.2 Å². The quantitative estimate of drug-likeness (QED) is 0.781. The summed E-state index contributed by atoms with van der Waals surface area (Å²) in [6.07, 6.45) is 5.56. The zero-order valence-corrected chi connectivity index (χ0v) is 15.1. The first-order valence-electron chi connectivity index (χ1n) is 9.02. The van der Waals surface area contributed by atoms with Gasteiger partial charge >= 0.3 is 5.97 Å². The minimum atomic E-state index is -1.11. The van der Waals surface area contributed by atoms with Crippen molar-refractivity contribution in [3.63, 3.8) is 0 Å². The van der Waals surface area contributed by atoms with Crippen molar-refractivity contribution >= 4 is 23.5 Å². The number of carbonyl (C=O) groups excluding carboxylic acids is 2. The Hall–Kier alpha value is -3.49. The van der Waals surface area contributed by atoms with E-state index in [4.69, 9.17) is 0 Å². The van der Waals surface area contributed by atoms with Gasteiger partial charge in [0.15, 0.2) is 5.82 Å². The number of carboxylic acids is 1. The summed E-state index contributed by atoms with van der Waals surface area (Å²) < 4.78 is 1.61. The molecule has 2 aliphatic heterocycles. The Morgan fingerprint density at radius 2 is 1.93 bits per heavy atom. The van der Waals surface area contributed by atoms with Crippen LogP contribution in [0, 0.1) is 0 Å². The Labute approximate surface area is 160 Å². The monoisotopic (exact) mass is 381 g/mol.